The van der Waals surface area contributed by atoms with Gasteiger partial charge in [0.05, 0.1) is 0 Å². The van der Waals surface area contributed by atoms with Crippen LogP contribution in [0.4, 0.5) is 5.69 Å². The molecular formula is C24H29N. The number of unbranched alkanes of at least 4 members (excludes halogenated alkanes) is 2. The Labute approximate surface area is 151 Å². The van der Waals surface area contributed by atoms with E-state index in [0.717, 1.165) is 23.4 Å². The molecule has 2 N–H and O–H groups in total. The first-order valence-corrected chi connectivity index (χ1v) is 9.52. The van der Waals surface area contributed by atoms with Crippen molar-refractivity contribution in [3.05, 3.63) is 66.2 Å². The second kappa shape index (κ2) is 8.20. The molecule has 3 aromatic rings. The van der Waals surface area contributed by atoms with Crippen molar-refractivity contribution in [2.24, 2.45) is 5.92 Å². The Kier molecular flexibility index (Phi) is 5.75. The van der Waals surface area contributed by atoms with Crippen molar-refractivity contribution in [3.8, 4) is 11.1 Å². The first-order valence-electron chi connectivity index (χ1n) is 9.52. The first kappa shape index (κ1) is 17.5. The molecule has 1 heteroatoms. The molecule has 0 radical (unpaired) electrons. The molecule has 0 fully saturated rings. The van der Waals surface area contributed by atoms with E-state index in [1.54, 1.807) is 0 Å². The monoisotopic (exact) mass is 331 g/mol. The average Bonchev–Trinajstić information content (AvgIpc) is 2.62. The van der Waals surface area contributed by atoms with Crippen LogP contribution in [0.1, 0.15) is 45.1 Å². The van der Waals surface area contributed by atoms with Gasteiger partial charge >= 0.3 is 0 Å². The van der Waals surface area contributed by atoms with Gasteiger partial charge in [-0.25, -0.2) is 0 Å². The molecule has 0 saturated heterocycles. The van der Waals surface area contributed by atoms with Crippen LogP contribution in [0.15, 0.2) is 60.7 Å². The standard InChI is InChI=1S/C24H29N/c1-18(2)11-5-3-8-15-21-17-20-14-9-10-16-22(20)24(25)23(21)19-12-6-4-7-13-19/h4,6-7,9-10,12-14,16-18H,3,5,8,11,15,25H2,1-2H3. The van der Waals surface area contributed by atoms with Gasteiger partial charge in [0.2, 0.25) is 0 Å². The molecule has 0 atom stereocenters. The molecule has 130 valence electrons. The zero-order valence-corrected chi connectivity index (χ0v) is 15.5. The normalized spacial score (nSPS) is 11.3. The first-order chi connectivity index (χ1) is 12.2. The van der Waals surface area contributed by atoms with Crippen molar-refractivity contribution in [2.45, 2.75) is 46.0 Å². The van der Waals surface area contributed by atoms with Crippen LogP contribution < -0.4 is 5.73 Å². The molecule has 0 unspecified atom stereocenters. The molecule has 3 aromatic carbocycles. The summed E-state index contributed by atoms with van der Waals surface area (Å²) >= 11 is 0. The van der Waals surface area contributed by atoms with Crippen LogP contribution in [-0.2, 0) is 6.42 Å². The summed E-state index contributed by atoms with van der Waals surface area (Å²) in [6.45, 7) is 4.61. The fraction of sp³-hybridized carbons (Fsp3) is 0.333. The molecule has 0 aromatic heterocycles. The summed E-state index contributed by atoms with van der Waals surface area (Å²) in [4.78, 5) is 0. The Morgan fingerprint density at radius 3 is 2.32 bits per heavy atom. The molecule has 0 amide bonds. The highest BCUT2D eigenvalue weighted by Gasteiger charge is 2.12. The number of aryl methyl sites for hydroxylation is 1. The summed E-state index contributed by atoms with van der Waals surface area (Å²) in [5.41, 5.74) is 11.4. The predicted molar refractivity (Wildman–Crippen MR) is 111 cm³/mol. The minimum absolute atomic E-state index is 0.802. The van der Waals surface area contributed by atoms with Gasteiger partial charge in [0.25, 0.3) is 0 Å². The van der Waals surface area contributed by atoms with Gasteiger partial charge in [-0.3, -0.25) is 0 Å². The lowest BCUT2D eigenvalue weighted by atomic mass is 9.90. The van der Waals surface area contributed by atoms with E-state index in [9.17, 15) is 0 Å². The Morgan fingerprint density at radius 2 is 1.56 bits per heavy atom. The van der Waals surface area contributed by atoms with E-state index in [1.807, 2.05) is 0 Å². The van der Waals surface area contributed by atoms with Crippen LogP contribution in [-0.4, -0.2) is 0 Å². The minimum Gasteiger partial charge on any atom is -0.398 e. The number of nitrogen functional groups attached to an aromatic ring is 1. The third kappa shape index (κ3) is 4.22. The second-order valence-corrected chi connectivity index (χ2v) is 7.40. The number of hydrogen-bond donors (Lipinski definition) is 1. The van der Waals surface area contributed by atoms with Gasteiger partial charge in [-0.05, 0) is 35.3 Å². The maximum atomic E-state index is 6.62. The van der Waals surface area contributed by atoms with Crippen LogP contribution >= 0.6 is 0 Å². The molecule has 0 aliphatic carbocycles. The van der Waals surface area contributed by atoms with Crippen LogP contribution in [0.5, 0.6) is 0 Å². The number of benzene rings is 3. The summed E-state index contributed by atoms with van der Waals surface area (Å²) < 4.78 is 0. The maximum Gasteiger partial charge on any atom is 0.0476 e. The fourth-order valence-corrected chi connectivity index (χ4v) is 3.62. The van der Waals surface area contributed by atoms with Crippen LogP contribution in [0.25, 0.3) is 21.9 Å². The maximum absolute atomic E-state index is 6.62. The van der Waals surface area contributed by atoms with Gasteiger partial charge in [-0.1, -0.05) is 93.8 Å². The number of fused-ring (bicyclic) bond motifs is 1. The van der Waals surface area contributed by atoms with Crippen molar-refractivity contribution in [3.63, 3.8) is 0 Å². The summed E-state index contributed by atoms with van der Waals surface area (Å²) in [7, 11) is 0. The zero-order chi connectivity index (χ0) is 17.6. The lowest BCUT2D eigenvalue weighted by Gasteiger charge is -2.16. The van der Waals surface area contributed by atoms with Crippen LogP contribution in [0.2, 0.25) is 0 Å². The van der Waals surface area contributed by atoms with Gasteiger partial charge in [0.15, 0.2) is 0 Å². The van der Waals surface area contributed by atoms with Gasteiger partial charge in [0, 0.05) is 16.6 Å². The van der Waals surface area contributed by atoms with Crippen molar-refractivity contribution in [2.75, 3.05) is 5.73 Å². The Balaban J connectivity index is 1.92. The summed E-state index contributed by atoms with van der Waals surface area (Å²) in [5.74, 6) is 0.802. The third-order valence-corrected chi connectivity index (χ3v) is 4.96. The quantitative estimate of drug-likeness (QED) is 0.372. The molecule has 0 aliphatic heterocycles. The molecule has 3 rings (SSSR count). The zero-order valence-electron chi connectivity index (χ0n) is 15.5. The molecule has 0 spiro atoms. The number of hydrogen-bond acceptors (Lipinski definition) is 1. The van der Waals surface area contributed by atoms with Crippen LogP contribution in [0.3, 0.4) is 0 Å². The van der Waals surface area contributed by atoms with Crippen LogP contribution in [0, 0.1) is 5.92 Å². The highest BCUT2D eigenvalue weighted by molar-refractivity contribution is 6.02. The van der Waals surface area contributed by atoms with E-state index in [-0.39, 0.29) is 0 Å². The topological polar surface area (TPSA) is 26.0 Å². The highest BCUT2D eigenvalue weighted by Crippen LogP contribution is 2.36. The van der Waals surface area contributed by atoms with E-state index in [1.165, 1.54) is 47.8 Å². The second-order valence-electron chi connectivity index (χ2n) is 7.40. The van der Waals surface area contributed by atoms with E-state index in [0.29, 0.717) is 0 Å². The smallest absolute Gasteiger partial charge is 0.0476 e. The van der Waals surface area contributed by atoms with Gasteiger partial charge in [-0.2, -0.15) is 0 Å². The van der Waals surface area contributed by atoms with E-state index in [4.69, 9.17) is 5.73 Å². The highest BCUT2D eigenvalue weighted by atomic mass is 14.6. The minimum atomic E-state index is 0.802. The number of nitrogens with two attached hydrogens (primary N) is 1. The van der Waals surface area contributed by atoms with E-state index < -0.39 is 0 Å². The largest absolute Gasteiger partial charge is 0.398 e. The molecule has 25 heavy (non-hydrogen) atoms. The van der Waals surface area contributed by atoms with Gasteiger partial charge < -0.3 is 5.73 Å². The Bertz CT molecular complexity index is 818. The van der Waals surface area contributed by atoms with E-state index in [2.05, 4.69) is 74.5 Å². The summed E-state index contributed by atoms with van der Waals surface area (Å²) in [6.07, 6.45) is 6.26. The third-order valence-electron chi connectivity index (χ3n) is 4.96. The fourth-order valence-electron chi connectivity index (χ4n) is 3.62. The van der Waals surface area contributed by atoms with Gasteiger partial charge in [-0.15, -0.1) is 0 Å². The number of anilines is 1. The average molecular weight is 332 g/mol. The van der Waals surface area contributed by atoms with Gasteiger partial charge in [0.1, 0.15) is 0 Å². The molecule has 0 saturated carbocycles. The summed E-state index contributed by atoms with van der Waals surface area (Å²) in [5, 5.41) is 2.40. The number of rotatable bonds is 7. The molecule has 0 bridgehead atoms. The van der Waals surface area contributed by atoms with Crippen molar-refractivity contribution >= 4 is 16.5 Å². The molecule has 1 nitrogen and oxygen atoms in total. The van der Waals surface area contributed by atoms with E-state index >= 15 is 0 Å². The predicted octanol–water partition coefficient (Wildman–Crippen LogP) is 6.85. The van der Waals surface area contributed by atoms with Crippen molar-refractivity contribution < 1.29 is 0 Å². The SMILES string of the molecule is CC(C)CCCCCc1cc2ccccc2c(N)c1-c1ccccc1. The lowest BCUT2D eigenvalue weighted by molar-refractivity contribution is 0.527. The molecule has 0 aliphatic rings. The Morgan fingerprint density at radius 1 is 0.840 bits per heavy atom. The Hall–Kier alpha value is -2.28. The lowest BCUT2D eigenvalue weighted by Crippen LogP contribution is -1.99. The summed E-state index contributed by atoms with van der Waals surface area (Å²) in [6, 6.07) is 21.4. The van der Waals surface area contributed by atoms with Crippen molar-refractivity contribution in [1.29, 1.82) is 0 Å². The van der Waals surface area contributed by atoms with Crippen molar-refractivity contribution in [1.82, 2.24) is 0 Å². The molecular weight excluding hydrogens is 302 g/mol. The molecule has 0 heterocycles.